The Hall–Kier alpha value is -0.980. The highest BCUT2D eigenvalue weighted by molar-refractivity contribution is 6.32. The topological polar surface area (TPSA) is 54.0 Å². The number of rotatable bonds is 5. The Kier molecular flexibility index (Phi) is 5.24. The number of aryl methyl sites for hydroxylation is 1. The standard InChI is InChI=1S/C19H25ClO5/c1-6-13(21)15-16(17-18(23-15)25-19(4,5)24-17)22-9-12-8-7-10(2)11(3)14(12)20/h7-8,15-18H,6,9H2,1-5H3/t15-,16+,17-,18-/m1/s1. The van der Waals surface area contributed by atoms with Crippen molar-refractivity contribution in [2.24, 2.45) is 0 Å². The minimum Gasteiger partial charge on any atom is -0.367 e. The zero-order valence-electron chi connectivity index (χ0n) is 15.3. The van der Waals surface area contributed by atoms with Gasteiger partial charge in [0.05, 0.1) is 6.61 Å². The number of ether oxygens (including phenoxy) is 4. The normalized spacial score (nSPS) is 30.5. The number of Topliss-reactive ketones (excluding diaryl/α,β-unsaturated/α-hetero) is 1. The number of benzene rings is 1. The number of hydrogen-bond donors (Lipinski definition) is 0. The van der Waals surface area contributed by atoms with Crippen LogP contribution >= 0.6 is 11.6 Å². The van der Waals surface area contributed by atoms with Gasteiger partial charge in [0.25, 0.3) is 0 Å². The molecule has 2 saturated heterocycles. The minimum atomic E-state index is -0.755. The van der Waals surface area contributed by atoms with Crippen LogP contribution in [-0.4, -0.2) is 36.2 Å². The van der Waals surface area contributed by atoms with Crippen LogP contribution in [0.25, 0.3) is 0 Å². The van der Waals surface area contributed by atoms with Crippen LogP contribution in [0.5, 0.6) is 0 Å². The second-order valence-electron chi connectivity index (χ2n) is 7.10. The number of carbonyl (C=O) groups is 1. The zero-order chi connectivity index (χ0) is 18.4. The van der Waals surface area contributed by atoms with E-state index >= 15 is 0 Å². The molecule has 5 nitrogen and oxygen atoms in total. The summed E-state index contributed by atoms with van der Waals surface area (Å²) in [7, 11) is 0. The van der Waals surface area contributed by atoms with Gasteiger partial charge in [-0.15, -0.1) is 0 Å². The molecule has 0 bridgehead atoms. The largest absolute Gasteiger partial charge is 0.367 e. The van der Waals surface area contributed by atoms with E-state index in [1.165, 1.54) is 0 Å². The molecule has 1 aromatic rings. The van der Waals surface area contributed by atoms with Gasteiger partial charge in [-0.3, -0.25) is 4.79 Å². The van der Waals surface area contributed by atoms with Crippen LogP contribution in [0.1, 0.15) is 43.9 Å². The molecule has 138 valence electrons. The molecular weight excluding hydrogens is 344 g/mol. The van der Waals surface area contributed by atoms with Crippen LogP contribution < -0.4 is 0 Å². The van der Waals surface area contributed by atoms with Crippen molar-refractivity contribution in [1.82, 2.24) is 0 Å². The van der Waals surface area contributed by atoms with E-state index in [2.05, 4.69) is 0 Å². The summed E-state index contributed by atoms with van der Waals surface area (Å²) in [5.74, 6) is -0.773. The highest BCUT2D eigenvalue weighted by Crippen LogP contribution is 2.39. The average molecular weight is 369 g/mol. The summed E-state index contributed by atoms with van der Waals surface area (Å²) in [6.07, 6.45) is -1.84. The van der Waals surface area contributed by atoms with E-state index in [1.807, 2.05) is 46.8 Å². The lowest BCUT2D eigenvalue weighted by molar-refractivity contribution is -0.218. The van der Waals surface area contributed by atoms with E-state index in [1.54, 1.807) is 0 Å². The van der Waals surface area contributed by atoms with Gasteiger partial charge in [-0.25, -0.2) is 0 Å². The van der Waals surface area contributed by atoms with Crippen molar-refractivity contribution in [3.63, 3.8) is 0 Å². The number of hydrogen-bond acceptors (Lipinski definition) is 5. The molecule has 6 heteroatoms. The predicted molar refractivity (Wildman–Crippen MR) is 93.5 cm³/mol. The number of fused-ring (bicyclic) bond motifs is 1. The van der Waals surface area contributed by atoms with E-state index in [4.69, 9.17) is 30.5 Å². The van der Waals surface area contributed by atoms with Gasteiger partial charge in [-0.1, -0.05) is 30.7 Å². The van der Waals surface area contributed by atoms with Gasteiger partial charge in [-0.05, 0) is 44.4 Å². The van der Waals surface area contributed by atoms with E-state index in [0.29, 0.717) is 11.4 Å². The molecule has 0 amide bonds. The molecule has 0 N–H and O–H groups in total. The van der Waals surface area contributed by atoms with Crippen molar-refractivity contribution in [3.8, 4) is 0 Å². The lowest BCUT2D eigenvalue weighted by Gasteiger charge is -2.25. The third-order valence-electron chi connectivity index (χ3n) is 4.83. The number of halogens is 1. The Labute approximate surface area is 153 Å². The van der Waals surface area contributed by atoms with Crippen LogP contribution in [0.3, 0.4) is 0 Å². The highest BCUT2D eigenvalue weighted by Gasteiger charge is 2.56. The van der Waals surface area contributed by atoms with Gasteiger partial charge >= 0.3 is 0 Å². The van der Waals surface area contributed by atoms with Gasteiger partial charge < -0.3 is 18.9 Å². The predicted octanol–water partition coefficient (Wildman–Crippen LogP) is 3.70. The van der Waals surface area contributed by atoms with Crippen LogP contribution in [0.15, 0.2) is 12.1 Å². The van der Waals surface area contributed by atoms with E-state index in [9.17, 15) is 4.79 Å². The Balaban J connectivity index is 1.78. The Bertz CT molecular complexity index is 672. The van der Waals surface area contributed by atoms with Crippen LogP contribution in [0.4, 0.5) is 0 Å². The van der Waals surface area contributed by atoms with Crippen molar-refractivity contribution in [1.29, 1.82) is 0 Å². The summed E-state index contributed by atoms with van der Waals surface area (Å²) in [5, 5.41) is 0.692. The summed E-state index contributed by atoms with van der Waals surface area (Å²) in [4.78, 5) is 12.3. The van der Waals surface area contributed by atoms with Gasteiger partial charge in [0.1, 0.15) is 18.3 Å². The molecule has 4 atom stereocenters. The van der Waals surface area contributed by atoms with E-state index in [0.717, 1.165) is 16.7 Å². The summed E-state index contributed by atoms with van der Waals surface area (Å²) in [6.45, 7) is 9.74. The van der Waals surface area contributed by atoms with Crippen LogP contribution in [0, 0.1) is 13.8 Å². The molecule has 0 aromatic heterocycles. The maximum Gasteiger partial charge on any atom is 0.190 e. The zero-order valence-corrected chi connectivity index (χ0v) is 16.1. The third kappa shape index (κ3) is 3.62. The Morgan fingerprint density at radius 3 is 2.68 bits per heavy atom. The first-order valence-corrected chi connectivity index (χ1v) is 9.01. The summed E-state index contributed by atoms with van der Waals surface area (Å²) < 4.78 is 23.5. The van der Waals surface area contributed by atoms with Crippen molar-refractivity contribution in [3.05, 3.63) is 33.8 Å². The maximum atomic E-state index is 12.3. The van der Waals surface area contributed by atoms with Crippen molar-refractivity contribution >= 4 is 17.4 Å². The molecule has 0 radical (unpaired) electrons. The lowest BCUT2D eigenvalue weighted by Crippen LogP contribution is -2.40. The van der Waals surface area contributed by atoms with Crippen molar-refractivity contribution in [2.45, 2.75) is 78.0 Å². The summed E-state index contributed by atoms with van der Waals surface area (Å²) in [5.41, 5.74) is 3.05. The van der Waals surface area contributed by atoms with Gasteiger partial charge in [0, 0.05) is 11.4 Å². The maximum absolute atomic E-state index is 12.3. The Morgan fingerprint density at radius 1 is 1.28 bits per heavy atom. The highest BCUT2D eigenvalue weighted by atomic mass is 35.5. The first-order chi connectivity index (χ1) is 11.7. The van der Waals surface area contributed by atoms with Crippen molar-refractivity contribution < 1.29 is 23.7 Å². The molecule has 3 rings (SSSR count). The molecule has 0 unspecified atom stereocenters. The average Bonchev–Trinajstić information content (AvgIpc) is 3.03. The molecule has 2 aliphatic heterocycles. The first-order valence-electron chi connectivity index (χ1n) is 8.63. The second-order valence-corrected chi connectivity index (χ2v) is 7.48. The molecule has 0 spiro atoms. The van der Waals surface area contributed by atoms with E-state index in [-0.39, 0.29) is 12.4 Å². The molecule has 1 aromatic carbocycles. The smallest absolute Gasteiger partial charge is 0.190 e. The van der Waals surface area contributed by atoms with E-state index < -0.39 is 30.4 Å². The fourth-order valence-corrected chi connectivity index (χ4v) is 3.52. The molecule has 2 aliphatic rings. The molecular formula is C19H25ClO5. The fraction of sp³-hybridized carbons (Fsp3) is 0.632. The summed E-state index contributed by atoms with van der Waals surface area (Å²) >= 11 is 6.43. The van der Waals surface area contributed by atoms with Crippen LogP contribution in [0.2, 0.25) is 5.02 Å². The van der Waals surface area contributed by atoms with Gasteiger partial charge in [-0.2, -0.15) is 0 Å². The minimum absolute atomic E-state index is 0.0180. The number of ketones is 1. The molecule has 0 aliphatic carbocycles. The first kappa shape index (κ1) is 18.8. The molecule has 2 fully saturated rings. The van der Waals surface area contributed by atoms with Gasteiger partial charge in [0.2, 0.25) is 0 Å². The molecule has 25 heavy (non-hydrogen) atoms. The number of carbonyl (C=O) groups excluding carboxylic acids is 1. The Morgan fingerprint density at radius 2 is 2.00 bits per heavy atom. The quantitative estimate of drug-likeness (QED) is 0.793. The monoisotopic (exact) mass is 368 g/mol. The van der Waals surface area contributed by atoms with Crippen LogP contribution in [-0.2, 0) is 30.3 Å². The fourth-order valence-electron chi connectivity index (χ4n) is 3.26. The second kappa shape index (κ2) is 6.97. The van der Waals surface area contributed by atoms with Gasteiger partial charge in [0.15, 0.2) is 17.9 Å². The summed E-state index contributed by atoms with van der Waals surface area (Å²) in [6, 6.07) is 3.96. The van der Waals surface area contributed by atoms with Crippen molar-refractivity contribution in [2.75, 3.05) is 0 Å². The SMILES string of the molecule is CCC(=O)[C@H]1O[C@@H]2OC(C)(C)O[C@@H]2[C@H]1OCc1ccc(C)c(C)c1Cl. The third-order valence-corrected chi connectivity index (χ3v) is 5.35. The molecule has 2 heterocycles. The lowest BCUT2D eigenvalue weighted by atomic mass is 10.0. The molecule has 0 saturated carbocycles.